The Hall–Kier alpha value is -0.560. The summed E-state index contributed by atoms with van der Waals surface area (Å²) in [6, 6.07) is 0. The first kappa shape index (κ1) is 32.7. The number of hydrogen-bond acceptors (Lipinski definition) is 14. The number of ether oxygens (including phenoxy) is 2. The van der Waals surface area contributed by atoms with Crippen LogP contribution in [0, 0.1) is 0 Å². The van der Waals surface area contributed by atoms with E-state index in [2.05, 4.69) is 5.32 Å². The molecule has 0 aromatic heterocycles. The molecule has 2 rings (SSSR count). The molecule has 0 aromatic rings. The molecule has 0 amide bonds. The van der Waals surface area contributed by atoms with Gasteiger partial charge in [0.25, 0.3) is 0 Å². The van der Waals surface area contributed by atoms with Crippen LogP contribution in [0.5, 0.6) is 0 Å². The van der Waals surface area contributed by atoms with Crippen LogP contribution in [-0.2, 0) is 19.1 Å². The minimum Gasteiger partial charge on any atom is -0.379 e. The summed E-state index contributed by atoms with van der Waals surface area (Å²) in [6.45, 7) is 8.06. The van der Waals surface area contributed by atoms with Crippen LogP contribution in [0.3, 0.4) is 0 Å². The zero-order valence-corrected chi connectivity index (χ0v) is 22.3. The van der Waals surface area contributed by atoms with Gasteiger partial charge in [0.15, 0.2) is 12.6 Å². The monoisotopic (exact) mass is 541 g/mol. The molecule has 2 saturated heterocycles. The zero-order valence-electron chi connectivity index (χ0n) is 22.3. The third kappa shape index (κ3) is 11.6. The van der Waals surface area contributed by atoms with Crippen LogP contribution in [0.4, 0.5) is 0 Å². The van der Waals surface area contributed by atoms with Crippen LogP contribution in [-0.4, -0.2) is 121 Å². The fourth-order valence-corrected chi connectivity index (χ4v) is 3.83. The van der Waals surface area contributed by atoms with Crippen LogP contribution in [0.15, 0.2) is 0 Å². The SMILES string of the molecule is CC(C)(CNC(O)CCC(O)ON1C(O)CCC1O)OCC(C)(C)OCCC(O)ON1C(O)CCC1O. The maximum Gasteiger partial charge on any atom is 0.177 e. The van der Waals surface area contributed by atoms with Crippen molar-refractivity contribution in [3.63, 3.8) is 0 Å². The van der Waals surface area contributed by atoms with Crippen molar-refractivity contribution in [3.8, 4) is 0 Å². The Bertz CT molecular complexity index is 639. The number of hydroxylamine groups is 4. The van der Waals surface area contributed by atoms with E-state index in [1.54, 1.807) is 0 Å². The van der Waals surface area contributed by atoms with E-state index in [4.69, 9.17) is 19.1 Å². The van der Waals surface area contributed by atoms with Crippen molar-refractivity contribution in [2.45, 2.75) is 128 Å². The van der Waals surface area contributed by atoms with Crippen LogP contribution in [0.25, 0.3) is 0 Å². The quantitative estimate of drug-likeness (QED) is 0.100. The lowest BCUT2D eigenvalue weighted by atomic mass is 10.1. The largest absolute Gasteiger partial charge is 0.379 e. The molecule has 14 heteroatoms. The van der Waals surface area contributed by atoms with Gasteiger partial charge in [0.05, 0.1) is 24.4 Å². The van der Waals surface area contributed by atoms with Gasteiger partial charge >= 0.3 is 0 Å². The predicted molar refractivity (Wildman–Crippen MR) is 128 cm³/mol. The highest BCUT2D eigenvalue weighted by molar-refractivity contribution is 4.77. The summed E-state index contributed by atoms with van der Waals surface area (Å²) in [6.07, 6.45) is -5.53. The molecule has 7 unspecified atom stereocenters. The highest BCUT2D eigenvalue weighted by Gasteiger charge is 2.35. The predicted octanol–water partition coefficient (Wildman–Crippen LogP) is -1.38. The summed E-state index contributed by atoms with van der Waals surface area (Å²) in [7, 11) is 0. The fourth-order valence-electron chi connectivity index (χ4n) is 3.83. The van der Waals surface area contributed by atoms with E-state index >= 15 is 0 Å². The van der Waals surface area contributed by atoms with Gasteiger partial charge in [-0.2, -0.15) is 0 Å². The molecule has 37 heavy (non-hydrogen) atoms. The van der Waals surface area contributed by atoms with E-state index in [-0.39, 0.29) is 32.5 Å². The maximum absolute atomic E-state index is 10.2. The fraction of sp³-hybridized carbons (Fsp3) is 1.00. The third-order valence-electron chi connectivity index (χ3n) is 6.15. The van der Waals surface area contributed by atoms with Crippen LogP contribution < -0.4 is 5.32 Å². The molecular formula is C23H47N3O11. The van der Waals surface area contributed by atoms with Gasteiger partial charge in [-0.25, -0.2) is 0 Å². The van der Waals surface area contributed by atoms with E-state index in [0.717, 1.165) is 10.1 Å². The topological polar surface area (TPSA) is 197 Å². The molecule has 7 atom stereocenters. The summed E-state index contributed by atoms with van der Waals surface area (Å²) in [5.41, 5.74) is -1.35. The minimum absolute atomic E-state index is 0.0809. The first-order chi connectivity index (χ1) is 17.2. The highest BCUT2D eigenvalue weighted by Crippen LogP contribution is 2.23. The lowest BCUT2D eigenvalue weighted by Crippen LogP contribution is -2.45. The van der Waals surface area contributed by atoms with Crippen molar-refractivity contribution in [1.29, 1.82) is 0 Å². The second-order valence-electron chi connectivity index (χ2n) is 10.8. The summed E-state index contributed by atoms with van der Waals surface area (Å²) in [5, 5.41) is 74.0. The number of nitrogens with one attached hydrogen (secondary N) is 1. The van der Waals surface area contributed by atoms with Crippen molar-refractivity contribution in [2.24, 2.45) is 0 Å². The Kier molecular flexibility index (Phi) is 13.0. The third-order valence-corrected chi connectivity index (χ3v) is 6.15. The van der Waals surface area contributed by atoms with E-state index in [0.29, 0.717) is 32.2 Å². The number of aliphatic hydroxyl groups is 7. The van der Waals surface area contributed by atoms with E-state index in [1.807, 2.05) is 27.7 Å². The van der Waals surface area contributed by atoms with Gasteiger partial charge in [0, 0.05) is 19.4 Å². The number of hydrogen-bond donors (Lipinski definition) is 8. The van der Waals surface area contributed by atoms with Crippen LogP contribution in [0.2, 0.25) is 0 Å². The lowest BCUT2D eigenvalue weighted by Gasteiger charge is -2.33. The first-order valence-corrected chi connectivity index (χ1v) is 12.9. The second kappa shape index (κ2) is 14.7. The zero-order chi connectivity index (χ0) is 27.8. The molecule has 0 radical (unpaired) electrons. The number of nitrogens with zero attached hydrogens (tertiary/aromatic N) is 2. The van der Waals surface area contributed by atoms with Gasteiger partial charge in [-0.1, -0.05) is 0 Å². The summed E-state index contributed by atoms with van der Waals surface area (Å²) < 4.78 is 11.8. The highest BCUT2D eigenvalue weighted by atomic mass is 16.8. The Labute approximate surface area is 218 Å². The second-order valence-corrected chi connectivity index (χ2v) is 10.8. The van der Waals surface area contributed by atoms with Crippen LogP contribution >= 0.6 is 0 Å². The average molecular weight is 542 g/mol. The van der Waals surface area contributed by atoms with Gasteiger partial charge in [-0.3, -0.25) is 15.0 Å². The smallest absolute Gasteiger partial charge is 0.177 e. The minimum atomic E-state index is -1.28. The average Bonchev–Trinajstić information content (AvgIpc) is 3.30. The molecule has 220 valence electrons. The molecule has 8 N–H and O–H groups in total. The molecule has 0 bridgehead atoms. The molecule has 2 aliphatic rings. The van der Waals surface area contributed by atoms with Gasteiger partial charge in [-0.15, -0.1) is 10.1 Å². The van der Waals surface area contributed by atoms with E-state index in [1.165, 1.54) is 0 Å². The van der Waals surface area contributed by atoms with Crippen molar-refractivity contribution in [2.75, 3.05) is 19.8 Å². The van der Waals surface area contributed by atoms with Crippen molar-refractivity contribution in [3.05, 3.63) is 0 Å². The Morgan fingerprint density at radius 3 is 1.65 bits per heavy atom. The van der Waals surface area contributed by atoms with Gasteiger partial charge in [-0.05, 0) is 59.8 Å². The van der Waals surface area contributed by atoms with Crippen molar-refractivity contribution in [1.82, 2.24) is 15.4 Å². The Balaban J connectivity index is 1.60. The van der Waals surface area contributed by atoms with E-state index < -0.39 is 54.9 Å². The van der Waals surface area contributed by atoms with Gasteiger partial charge in [0.2, 0.25) is 0 Å². The summed E-state index contributed by atoms with van der Waals surface area (Å²) >= 11 is 0. The molecule has 2 heterocycles. The molecule has 2 fully saturated rings. The maximum atomic E-state index is 10.2. The Morgan fingerprint density at radius 1 is 0.703 bits per heavy atom. The molecule has 14 nitrogen and oxygen atoms in total. The number of aliphatic hydroxyl groups excluding tert-OH is 7. The van der Waals surface area contributed by atoms with Crippen molar-refractivity contribution >= 4 is 0 Å². The molecular weight excluding hydrogens is 494 g/mol. The molecule has 0 spiro atoms. The van der Waals surface area contributed by atoms with Gasteiger partial charge < -0.3 is 45.2 Å². The summed E-state index contributed by atoms with van der Waals surface area (Å²) in [4.78, 5) is 10.4. The molecule has 0 aromatic carbocycles. The molecule has 0 saturated carbocycles. The van der Waals surface area contributed by atoms with E-state index in [9.17, 15) is 35.7 Å². The van der Waals surface area contributed by atoms with Crippen LogP contribution in [0.1, 0.15) is 72.6 Å². The normalized spacial score (nSPS) is 28.6. The lowest BCUT2D eigenvalue weighted by molar-refractivity contribution is -0.340. The van der Waals surface area contributed by atoms with Gasteiger partial charge in [0.1, 0.15) is 31.1 Å². The molecule has 0 aliphatic carbocycles. The standard InChI is InChI=1S/C23H47N3O11/c1-22(2,13-24-15(27)5-10-20(32)36-25-16(28)6-7-17(25)29)35-14-23(3,4)34-12-11-21(33)37-26-18(30)8-9-19(26)31/h15-21,24,27-33H,5-14H2,1-4H3. The Morgan fingerprint density at radius 2 is 1.16 bits per heavy atom. The first-order valence-electron chi connectivity index (χ1n) is 12.9. The molecule has 2 aliphatic heterocycles. The number of rotatable bonds is 17. The van der Waals surface area contributed by atoms with Crippen molar-refractivity contribution < 1.29 is 54.9 Å². The summed E-state index contributed by atoms with van der Waals surface area (Å²) in [5.74, 6) is 0.